The van der Waals surface area contributed by atoms with E-state index < -0.39 is 0 Å². The molecule has 0 amide bonds. The van der Waals surface area contributed by atoms with Crippen molar-refractivity contribution < 1.29 is 0 Å². The van der Waals surface area contributed by atoms with Crippen LogP contribution in [-0.2, 0) is 0 Å². The van der Waals surface area contributed by atoms with Gasteiger partial charge < -0.3 is 4.98 Å². The van der Waals surface area contributed by atoms with Crippen LogP contribution in [0.5, 0.6) is 0 Å². The Morgan fingerprint density at radius 3 is 2.80 bits per heavy atom. The van der Waals surface area contributed by atoms with Gasteiger partial charge in [-0.2, -0.15) is 0 Å². The molecular formula is C10H8BrClN2S. The number of hydrogen-bond acceptors (Lipinski definition) is 1. The fraction of sp³-hybridized carbons (Fsp3) is 0.100. The molecule has 5 heteroatoms. The highest BCUT2D eigenvalue weighted by Gasteiger charge is 2.07. The van der Waals surface area contributed by atoms with Crippen molar-refractivity contribution in [3.8, 4) is 5.69 Å². The molecule has 0 aliphatic rings. The average Bonchev–Trinajstić information content (AvgIpc) is 2.51. The molecule has 15 heavy (non-hydrogen) atoms. The number of H-pyrrole nitrogens is 1. The van der Waals surface area contributed by atoms with Crippen molar-refractivity contribution >= 4 is 39.7 Å². The minimum atomic E-state index is 0.646. The average molecular weight is 304 g/mol. The second kappa shape index (κ2) is 4.12. The summed E-state index contributed by atoms with van der Waals surface area (Å²) in [5, 5.41) is 0.678. The predicted octanol–water partition coefficient (Wildman–Crippen LogP) is 4.26. The first-order valence-corrected chi connectivity index (χ1v) is 5.90. The van der Waals surface area contributed by atoms with Crippen LogP contribution in [0, 0.1) is 11.7 Å². The van der Waals surface area contributed by atoms with Crippen molar-refractivity contribution in [2.24, 2.45) is 0 Å². The first-order valence-electron chi connectivity index (χ1n) is 4.32. The molecule has 1 heterocycles. The van der Waals surface area contributed by atoms with E-state index in [9.17, 15) is 0 Å². The Balaban J connectivity index is 2.74. The summed E-state index contributed by atoms with van der Waals surface area (Å²) in [5.74, 6) is 0. The summed E-state index contributed by atoms with van der Waals surface area (Å²) in [6.45, 7) is 1.98. The molecule has 0 aliphatic heterocycles. The summed E-state index contributed by atoms with van der Waals surface area (Å²) >= 11 is 14.7. The van der Waals surface area contributed by atoms with E-state index in [2.05, 4.69) is 20.9 Å². The minimum absolute atomic E-state index is 0.646. The summed E-state index contributed by atoms with van der Waals surface area (Å²) < 4.78 is 3.53. The molecule has 78 valence electrons. The van der Waals surface area contributed by atoms with Crippen LogP contribution in [0.2, 0.25) is 5.02 Å². The molecule has 2 rings (SSSR count). The lowest BCUT2D eigenvalue weighted by atomic mass is 10.3. The Kier molecular flexibility index (Phi) is 3.00. The van der Waals surface area contributed by atoms with Crippen molar-refractivity contribution in [3.63, 3.8) is 0 Å². The second-order valence-corrected chi connectivity index (χ2v) is 4.88. The first-order chi connectivity index (χ1) is 7.09. The van der Waals surface area contributed by atoms with Crippen molar-refractivity contribution in [2.45, 2.75) is 6.92 Å². The number of aromatic amines is 1. The lowest BCUT2D eigenvalue weighted by Gasteiger charge is -2.07. The van der Waals surface area contributed by atoms with Gasteiger partial charge in [0, 0.05) is 16.4 Å². The molecule has 0 aliphatic carbocycles. The lowest BCUT2D eigenvalue weighted by Crippen LogP contribution is -1.97. The van der Waals surface area contributed by atoms with E-state index in [0.717, 1.165) is 15.9 Å². The Morgan fingerprint density at radius 1 is 1.47 bits per heavy atom. The van der Waals surface area contributed by atoms with E-state index in [-0.39, 0.29) is 0 Å². The van der Waals surface area contributed by atoms with E-state index in [1.54, 1.807) is 0 Å². The van der Waals surface area contributed by atoms with Crippen LogP contribution >= 0.6 is 39.7 Å². The summed E-state index contributed by atoms with van der Waals surface area (Å²) in [6.07, 6.45) is 1.86. The molecule has 1 aromatic carbocycles. The van der Waals surface area contributed by atoms with E-state index in [1.807, 2.05) is 35.9 Å². The van der Waals surface area contributed by atoms with Gasteiger partial charge in [0.1, 0.15) is 0 Å². The van der Waals surface area contributed by atoms with Gasteiger partial charge in [-0.15, -0.1) is 0 Å². The van der Waals surface area contributed by atoms with Crippen LogP contribution in [-0.4, -0.2) is 9.55 Å². The lowest BCUT2D eigenvalue weighted by molar-refractivity contribution is 0.984. The molecular weight excluding hydrogens is 296 g/mol. The third-order valence-corrected chi connectivity index (χ3v) is 3.22. The summed E-state index contributed by atoms with van der Waals surface area (Å²) in [6, 6.07) is 5.69. The van der Waals surface area contributed by atoms with Crippen LogP contribution in [0.1, 0.15) is 5.69 Å². The van der Waals surface area contributed by atoms with Crippen LogP contribution in [0.25, 0.3) is 5.69 Å². The number of rotatable bonds is 1. The zero-order chi connectivity index (χ0) is 11.0. The van der Waals surface area contributed by atoms with Crippen LogP contribution in [0.15, 0.2) is 28.9 Å². The van der Waals surface area contributed by atoms with Gasteiger partial charge in [-0.05, 0) is 37.3 Å². The van der Waals surface area contributed by atoms with Gasteiger partial charge >= 0.3 is 0 Å². The molecule has 0 unspecified atom stereocenters. The highest BCUT2D eigenvalue weighted by molar-refractivity contribution is 9.10. The van der Waals surface area contributed by atoms with Gasteiger partial charge in [-0.25, -0.2) is 0 Å². The van der Waals surface area contributed by atoms with Gasteiger partial charge in [-0.3, -0.25) is 4.57 Å². The number of imidazole rings is 1. The van der Waals surface area contributed by atoms with Crippen molar-refractivity contribution in [3.05, 3.63) is 44.4 Å². The predicted molar refractivity (Wildman–Crippen MR) is 68.4 cm³/mol. The van der Waals surface area contributed by atoms with Gasteiger partial charge in [0.15, 0.2) is 4.77 Å². The Labute approximate surface area is 106 Å². The van der Waals surface area contributed by atoms with E-state index in [0.29, 0.717) is 9.79 Å². The van der Waals surface area contributed by atoms with Crippen LogP contribution in [0.4, 0.5) is 0 Å². The molecule has 2 aromatic rings. The normalized spacial score (nSPS) is 10.6. The van der Waals surface area contributed by atoms with Gasteiger partial charge in [0.25, 0.3) is 0 Å². The van der Waals surface area contributed by atoms with Crippen LogP contribution < -0.4 is 0 Å². The monoisotopic (exact) mass is 302 g/mol. The topological polar surface area (TPSA) is 20.7 Å². The molecule has 2 nitrogen and oxygen atoms in total. The van der Waals surface area contributed by atoms with E-state index in [1.165, 1.54) is 0 Å². The summed E-state index contributed by atoms with van der Waals surface area (Å²) in [4.78, 5) is 2.99. The molecule has 0 fully saturated rings. The molecule has 0 bridgehead atoms. The second-order valence-electron chi connectivity index (χ2n) is 3.17. The van der Waals surface area contributed by atoms with E-state index in [4.69, 9.17) is 23.8 Å². The van der Waals surface area contributed by atoms with Gasteiger partial charge in [-0.1, -0.05) is 27.5 Å². The SMILES string of the molecule is Cc1c[nH]c(=S)n1-c1cc(Br)ccc1Cl. The number of nitrogens with zero attached hydrogens (tertiary/aromatic N) is 1. The number of benzene rings is 1. The summed E-state index contributed by atoms with van der Waals surface area (Å²) in [7, 11) is 0. The Hall–Kier alpha value is -0.580. The molecule has 0 saturated heterocycles. The standard InChI is InChI=1S/C10H8BrClN2S/c1-6-5-13-10(15)14(6)9-4-7(11)2-3-8(9)12/h2-5H,1H3,(H,13,15). The highest BCUT2D eigenvalue weighted by atomic mass is 79.9. The van der Waals surface area contributed by atoms with Crippen molar-refractivity contribution in [1.29, 1.82) is 0 Å². The number of aryl methyl sites for hydroxylation is 1. The van der Waals surface area contributed by atoms with Gasteiger partial charge in [0.2, 0.25) is 0 Å². The number of hydrogen-bond donors (Lipinski definition) is 1. The third kappa shape index (κ3) is 2.02. The fourth-order valence-electron chi connectivity index (χ4n) is 1.41. The zero-order valence-corrected chi connectivity index (χ0v) is 11.1. The first kappa shape index (κ1) is 10.9. The molecule has 0 spiro atoms. The third-order valence-electron chi connectivity index (χ3n) is 2.11. The van der Waals surface area contributed by atoms with E-state index >= 15 is 0 Å². The van der Waals surface area contributed by atoms with Gasteiger partial charge in [0.05, 0.1) is 10.7 Å². The minimum Gasteiger partial charge on any atom is -0.337 e. The number of nitrogens with one attached hydrogen (secondary N) is 1. The molecule has 0 atom stereocenters. The maximum atomic E-state index is 6.13. The quantitative estimate of drug-likeness (QED) is 0.781. The molecule has 0 saturated carbocycles. The van der Waals surface area contributed by atoms with Crippen molar-refractivity contribution in [2.75, 3.05) is 0 Å². The molecule has 0 radical (unpaired) electrons. The highest BCUT2D eigenvalue weighted by Crippen LogP contribution is 2.25. The maximum Gasteiger partial charge on any atom is 0.182 e. The number of halogens is 2. The smallest absolute Gasteiger partial charge is 0.182 e. The maximum absolute atomic E-state index is 6.13. The molecule has 1 N–H and O–H groups in total. The zero-order valence-electron chi connectivity index (χ0n) is 7.92. The fourth-order valence-corrected chi connectivity index (χ4v) is 2.26. The number of aromatic nitrogens is 2. The molecule has 1 aromatic heterocycles. The van der Waals surface area contributed by atoms with Crippen LogP contribution in [0.3, 0.4) is 0 Å². The largest absolute Gasteiger partial charge is 0.337 e. The summed E-state index contributed by atoms with van der Waals surface area (Å²) in [5.41, 5.74) is 1.91. The Bertz CT molecular complexity index is 559. The van der Waals surface area contributed by atoms with Crippen molar-refractivity contribution in [1.82, 2.24) is 9.55 Å². The Morgan fingerprint density at radius 2 is 2.20 bits per heavy atom.